The summed E-state index contributed by atoms with van der Waals surface area (Å²) in [5.74, 6) is -1.02. The lowest BCUT2D eigenvalue weighted by atomic mass is 9.83. The number of carbonyl (C=O) groups excluding carboxylic acids is 2. The molecule has 0 aromatic rings. The van der Waals surface area contributed by atoms with Crippen molar-refractivity contribution in [3.05, 3.63) is 22.6 Å². The number of piperazine rings is 1. The van der Waals surface area contributed by atoms with Crippen LogP contribution in [0.5, 0.6) is 0 Å². The molecule has 0 spiro atoms. The Labute approximate surface area is 172 Å². The molecule has 5 unspecified atom stereocenters. The fourth-order valence-corrected chi connectivity index (χ4v) is 5.04. The highest BCUT2D eigenvalue weighted by molar-refractivity contribution is 6.25. The largest absolute Gasteiger partial charge is 0.483 e. The molecule has 3 fully saturated rings. The molecule has 4 heterocycles. The van der Waals surface area contributed by atoms with E-state index in [2.05, 4.69) is 11.1 Å². The van der Waals surface area contributed by atoms with Gasteiger partial charge < -0.3 is 40.4 Å². The number of hydrogen-bond donors (Lipinski definition) is 4. The van der Waals surface area contributed by atoms with Gasteiger partial charge in [0.25, 0.3) is 0 Å². The van der Waals surface area contributed by atoms with Crippen LogP contribution in [0, 0.1) is 5.92 Å². The van der Waals surface area contributed by atoms with Crippen LogP contribution in [0.1, 0.15) is 13.3 Å². The van der Waals surface area contributed by atoms with E-state index in [9.17, 15) is 14.7 Å². The number of nitrogens with zero attached hydrogens (tertiary/aromatic N) is 1. The molecule has 0 radical (unpaired) electrons. The minimum Gasteiger partial charge on any atom is -0.483 e. The van der Waals surface area contributed by atoms with Crippen LogP contribution >= 0.6 is 0 Å². The molecule has 11 heteroatoms. The Bertz CT molecular complexity index is 858. The third-order valence-electron chi connectivity index (χ3n) is 6.34. The lowest BCUT2D eigenvalue weighted by Crippen LogP contribution is -2.54. The third kappa shape index (κ3) is 2.84. The summed E-state index contributed by atoms with van der Waals surface area (Å²) >= 11 is 0. The first-order valence-corrected chi connectivity index (χ1v) is 9.74. The number of rotatable bonds is 4. The fraction of sp³-hybridized carbons (Fsp3) is 0.632. The predicted octanol–water partition coefficient (Wildman–Crippen LogP) is -1.28. The van der Waals surface area contributed by atoms with Crippen LogP contribution in [-0.2, 0) is 23.8 Å². The third-order valence-corrected chi connectivity index (χ3v) is 6.34. The molecule has 3 saturated heterocycles. The van der Waals surface area contributed by atoms with Crippen molar-refractivity contribution < 1.29 is 38.8 Å². The van der Waals surface area contributed by atoms with E-state index in [1.54, 1.807) is 14.0 Å². The summed E-state index contributed by atoms with van der Waals surface area (Å²) in [5.41, 5.74) is 4.16. The number of fused-ring (bicyclic) bond motifs is 4. The number of allylic oxidation sites excluding steroid dienone is 2. The number of carbonyl (C=O) groups is 3. The van der Waals surface area contributed by atoms with E-state index in [4.69, 9.17) is 24.1 Å². The number of amides is 1. The summed E-state index contributed by atoms with van der Waals surface area (Å²) in [7, 11) is 1.57. The zero-order valence-corrected chi connectivity index (χ0v) is 16.7. The second-order valence-corrected chi connectivity index (χ2v) is 7.87. The van der Waals surface area contributed by atoms with Crippen LogP contribution in [0.2, 0.25) is 0 Å². The van der Waals surface area contributed by atoms with Gasteiger partial charge >= 0.3 is 6.09 Å². The molecule has 4 aliphatic heterocycles. The van der Waals surface area contributed by atoms with Gasteiger partial charge in [-0.2, -0.15) is 0 Å². The van der Waals surface area contributed by atoms with Gasteiger partial charge in [0.05, 0.1) is 37.5 Å². The molecule has 0 aromatic heterocycles. The van der Waals surface area contributed by atoms with Crippen LogP contribution in [0.15, 0.2) is 22.6 Å². The number of ether oxygens (including phenoxy) is 3. The van der Waals surface area contributed by atoms with Crippen molar-refractivity contribution in [1.29, 1.82) is 0 Å². The Morgan fingerprint density at radius 2 is 2.10 bits per heavy atom. The highest BCUT2D eigenvalue weighted by Gasteiger charge is 2.72. The number of methoxy groups -OCH3 is 1. The predicted molar refractivity (Wildman–Crippen MR) is 100.0 cm³/mol. The van der Waals surface area contributed by atoms with Crippen molar-refractivity contribution >= 4 is 17.7 Å². The monoisotopic (exact) mass is 423 g/mol. The molecule has 0 aromatic carbocycles. The van der Waals surface area contributed by atoms with Gasteiger partial charge in [0.15, 0.2) is 11.5 Å². The number of ketones is 2. The summed E-state index contributed by atoms with van der Waals surface area (Å²) in [6, 6.07) is 0.224. The zero-order valence-electron chi connectivity index (χ0n) is 16.7. The van der Waals surface area contributed by atoms with Gasteiger partial charge in [-0.15, -0.1) is 0 Å². The Morgan fingerprint density at radius 3 is 2.67 bits per heavy atom. The SMILES string of the molecule is COC12C(CO)C3=C(C(=O)C(C)=C(OC4CCOC4)C3=O)N1CC1NC12.NC(=O)O. The molecule has 0 saturated carbocycles. The molecule has 11 nitrogen and oxygen atoms in total. The minimum absolute atomic E-state index is 0.00348. The van der Waals surface area contributed by atoms with Gasteiger partial charge in [-0.05, 0) is 6.92 Å². The van der Waals surface area contributed by atoms with Gasteiger partial charge in [0.1, 0.15) is 6.10 Å². The summed E-state index contributed by atoms with van der Waals surface area (Å²) < 4.78 is 17.0. The number of aliphatic hydroxyl groups is 1. The molecule has 0 bridgehead atoms. The highest BCUT2D eigenvalue weighted by atomic mass is 16.5. The summed E-state index contributed by atoms with van der Waals surface area (Å²) in [4.78, 5) is 37.1. The van der Waals surface area contributed by atoms with E-state index in [0.29, 0.717) is 43.0 Å². The van der Waals surface area contributed by atoms with E-state index in [0.717, 1.165) is 0 Å². The molecule has 5 rings (SSSR count). The smallest absolute Gasteiger partial charge is 0.402 e. The second kappa shape index (κ2) is 7.34. The number of primary amides is 1. The molecule has 1 amide bonds. The number of Topliss-reactive ketones (excluding diaryl/α,β-unsaturated/α-hetero) is 2. The molecular weight excluding hydrogens is 398 g/mol. The Kier molecular flexibility index (Phi) is 5.09. The standard InChI is InChI=1S/C18H22N2O6.CH3NO2/c1-8-14(22)13-12(15(23)16(8)26-9-3-4-25-7-9)10(6-21)18(24-2)17-11(19-17)5-20(13)18;2-1(3)4/h9-11,17,19,21H,3-7H2,1-2H3;2H2,(H,3,4). The van der Waals surface area contributed by atoms with Crippen LogP contribution in [0.3, 0.4) is 0 Å². The van der Waals surface area contributed by atoms with Crippen molar-refractivity contribution in [2.45, 2.75) is 37.3 Å². The lowest BCUT2D eigenvalue weighted by molar-refractivity contribution is -0.137. The van der Waals surface area contributed by atoms with Crippen molar-refractivity contribution in [3.8, 4) is 0 Å². The molecule has 164 valence electrons. The maximum atomic E-state index is 13.3. The zero-order chi connectivity index (χ0) is 21.8. The molecular formula is C19H25N3O8. The van der Waals surface area contributed by atoms with Gasteiger partial charge in [0, 0.05) is 37.3 Å². The molecule has 5 aliphatic rings. The Hall–Kier alpha value is -2.47. The average molecular weight is 423 g/mol. The molecule has 5 N–H and O–H groups in total. The van der Waals surface area contributed by atoms with Gasteiger partial charge in [-0.25, -0.2) is 4.79 Å². The van der Waals surface area contributed by atoms with Crippen molar-refractivity contribution in [2.75, 3.05) is 33.5 Å². The topological polar surface area (TPSA) is 171 Å². The van der Waals surface area contributed by atoms with E-state index >= 15 is 0 Å². The van der Waals surface area contributed by atoms with E-state index in [-0.39, 0.29) is 42.1 Å². The van der Waals surface area contributed by atoms with E-state index in [1.807, 2.05) is 4.90 Å². The number of aliphatic hydroxyl groups excluding tert-OH is 1. The highest BCUT2D eigenvalue weighted by Crippen LogP contribution is 2.55. The first kappa shape index (κ1) is 20.8. The van der Waals surface area contributed by atoms with Crippen LogP contribution in [0.4, 0.5) is 4.79 Å². The number of hydrogen-bond acceptors (Lipinski definition) is 9. The average Bonchev–Trinajstić information content (AvgIpc) is 3.05. The molecule has 30 heavy (non-hydrogen) atoms. The number of nitrogens with two attached hydrogens (primary N) is 1. The summed E-state index contributed by atoms with van der Waals surface area (Å²) in [6.45, 7) is 2.95. The molecule has 5 atom stereocenters. The Balaban J connectivity index is 0.000000503. The van der Waals surface area contributed by atoms with Gasteiger partial charge in [0.2, 0.25) is 11.6 Å². The second-order valence-electron chi connectivity index (χ2n) is 7.87. The van der Waals surface area contributed by atoms with Crippen LogP contribution < -0.4 is 11.1 Å². The van der Waals surface area contributed by atoms with Crippen molar-refractivity contribution in [1.82, 2.24) is 10.2 Å². The lowest BCUT2D eigenvalue weighted by Gasteiger charge is -2.39. The number of nitrogens with one attached hydrogen (secondary N) is 1. The normalized spacial score (nSPS) is 36.3. The summed E-state index contributed by atoms with van der Waals surface area (Å²) in [5, 5.41) is 20.6. The van der Waals surface area contributed by atoms with E-state index < -0.39 is 17.7 Å². The molecule has 1 aliphatic carbocycles. The first-order valence-electron chi connectivity index (χ1n) is 9.74. The van der Waals surface area contributed by atoms with Crippen LogP contribution in [-0.4, -0.2) is 90.2 Å². The fourth-order valence-electron chi connectivity index (χ4n) is 5.04. The quantitative estimate of drug-likeness (QED) is 0.315. The van der Waals surface area contributed by atoms with Crippen molar-refractivity contribution in [3.63, 3.8) is 0 Å². The summed E-state index contributed by atoms with van der Waals surface area (Å²) in [6.07, 6.45) is -0.867. The van der Waals surface area contributed by atoms with Crippen LogP contribution in [0.25, 0.3) is 0 Å². The van der Waals surface area contributed by atoms with Gasteiger partial charge in [-0.3, -0.25) is 9.59 Å². The Morgan fingerprint density at radius 1 is 1.40 bits per heavy atom. The van der Waals surface area contributed by atoms with Crippen molar-refractivity contribution in [2.24, 2.45) is 11.7 Å². The van der Waals surface area contributed by atoms with E-state index in [1.165, 1.54) is 0 Å². The maximum absolute atomic E-state index is 13.3. The maximum Gasteiger partial charge on any atom is 0.402 e. The minimum atomic E-state index is -1.33. The van der Waals surface area contributed by atoms with Gasteiger partial charge in [-0.1, -0.05) is 0 Å². The number of carboxylic acid groups (broad SMARTS) is 1. The first-order chi connectivity index (χ1) is 14.3.